The van der Waals surface area contributed by atoms with Crippen molar-refractivity contribution in [1.29, 1.82) is 0 Å². The van der Waals surface area contributed by atoms with Crippen molar-refractivity contribution in [2.75, 3.05) is 21.3 Å². The van der Waals surface area contributed by atoms with Crippen molar-refractivity contribution < 1.29 is 19.0 Å². The summed E-state index contributed by atoms with van der Waals surface area (Å²) < 4.78 is 15.7. The summed E-state index contributed by atoms with van der Waals surface area (Å²) in [5.74, 6) is 0.920. The molecule has 4 nitrogen and oxygen atoms in total. The molecule has 0 spiro atoms. The standard InChI is InChI=1S/C14H20O4/c1-5-7-12(18-4)14(15)13-10(16-2)8-6-9-11(13)17-3/h6,8-9,12H,5,7H2,1-4H3. The highest BCUT2D eigenvalue weighted by atomic mass is 16.5. The van der Waals surface area contributed by atoms with Crippen molar-refractivity contribution >= 4 is 5.78 Å². The lowest BCUT2D eigenvalue weighted by atomic mass is 10.0. The van der Waals surface area contributed by atoms with E-state index in [9.17, 15) is 4.79 Å². The minimum absolute atomic E-state index is 0.103. The third-order valence-corrected chi connectivity index (χ3v) is 2.80. The lowest BCUT2D eigenvalue weighted by molar-refractivity contribution is 0.0573. The molecule has 100 valence electrons. The molecule has 1 rings (SSSR count). The third kappa shape index (κ3) is 3.01. The average molecular weight is 252 g/mol. The monoisotopic (exact) mass is 252 g/mol. The number of carbonyl (C=O) groups is 1. The van der Waals surface area contributed by atoms with Gasteiger partial charge in [-0.15, -0.1) is 0 Å². The summed E-state index contributed by atoms with van der Waals surface area (Å²) in [5, 5.41) is 0. The second kappa shape index (κ2) is 7.01. The number of hydrogen-bond donors (Lipinski definition) is 0. The number of carbonyl (C=O) groups excluding carboxylic acids is 1. The maximum atomic E-state index is 12.4. The van der Waals surface area contributed by atoms with Gasteiger partial charge in [-0.05, 0) is 18.6 Å². The zero-order chi connectivity index (χ0) is 13.5. The number of ketones is 1. The van der Waals surface area contributed by atoms with Gasteiger partial charge < -0.3 is 14.2 Å². The summed E-state index contributed by atoms with van der Waals surface area (Å²) in [5.41, 5.74) is 0.447. The number of ether oxygens (including phenoxy) is 3. The Balaban J connectivity index is 3.16. The molecule has 1 aromatic carbocycles. The summed E-state index contributed by atoms with van der Waals surface area (Å²) in [6.45, 7) is 2.01. The zero-order valence-electron chi connectivity index (χ0n) is 11.4. The Labute approximate surface area is 108 Å². The van der Waals surface area contributed by atoms with E-state index in [0.717, 1.165) is 6.42 Å². The predicted octanol–water partition coefficient (Wildman–Crippen LogP) is 2.70. The van der Waals surface area contributed by atoms with Crippen LogP contribution in [0.25, 0.3) is 0 Å². The summed E-state index contributed by atoms with van der Waals surface area (Å²) in [6, 6.07) is 5.28. The van der Waals surface area contributed by atoms with Crippen molar-refractivity contribution in [1.82, 2.24) is 0 Å². The van der Waals surface area contributed by atoms with Crippen LogP contribution < -0.4 is 9.47 Å². The number of benzene rings is 1. The summed E-state index contributed by atoms with van der Waals surface area (Å²) in [4.78, 5) is 12.4. The molecule has 0 aromatic heterocycles. The fraction of sp³-hybridized carbons (Fsp3) is 0.500. The normalized spacial score (nSPS) is 12.0. The minimum atomic E-state index is -0.458. The van der Waals surface area contributed by atoms with Crippen LogP contribution in [-0.4, -0.2) is 33.2 Å². The van der Waals surface area contributed by atoms with Gasteiger partial charge in [0.25, 0.3) is 0 Å². The Hall–Kier alpha value is -1.55. The van der Waals surface area contributed by atoms with Crippen molar-refractivity contribution in [3.05, 3.63) is 23.8 Å². The van der Waals surface area contributed by atoms with Gasteiger partial charge in [-0.3, -0.25) is 4.79 Å². The molecule has 1 unspecified atom stereocenters. The van der Waals surface area contributed by atoms with Crippen LogP contribution in [0.5, 0.6) is 11.5 Å². The van der Waals surface area contributed by atoms with Crippen LogP contribution in [0.4, 0.5) is 0 Å². The van der Waals surface area contributed by atoms with Crippen LogP contribution in [0.3, 0.4) is 0 Å². The van der Waals surface area contributed by atoms with E-state index in [4.69, 9.17) is 14.2 Å². The largest absolute Gasteiger partial charge is 0.496 e. The van der Waals surface area contributed by atoms with Crippen molar-refractivity contribution in [2.45, 2.75) is 25.9 Å². The Kier molecular flexibility index (Phi) is 5.65. The Morgan fingerprint density at radius 3 is 2.11 bits per heavy atom. The molecule has 4 heteroatoms. The van der Waals surface area contributed by atoms with Crippen LogP contribution in [0, 0.1) is 0 Å². The summed E-state index contributed by atoms with van der Waals surface area (Å²) in [6.07, 6.45) is 1.10. The van der Waals surface area contributed by atoms with E-state index in [1.165, 1.54) is 14.2 Å². The molecule has 0 N–H and O–H groups in total. The van der Waals surface area contributed by atoms with Gasteiger partial charge in [0.1, 0.15) is 23.2 Å². The zero-order valence-corrected chi connectivity index (χ0v) is 11.4. The second-order valence-electron chi connectivity index (χ2n) is 3.91. The Morgan fingerprint density at radius 1 is 1.17 bits per heavy atom. The fourth-order valence-electron chi connectivity index (χ4n) is 1.87. The molecule has 0 heterocycles. The molecule has 0 aliphatic rings. The third-order valence-electron chi connectivity index (χ3n) is 2.80. The predicted molar refractivity (Wildman–Crippen MR) is 69.6 cm³/mol. The average Bonchev–Trinajstić information content (AvgIpc) is 2.42. The number of rotatable bonds is 7. The van der Waals surface area contributed by atoms with E-state index in [0.29, 0.717) is 23.5 Å². The number of hydrogen-bond acceptors (Lipinski definition) is 4. The highest BCUT2D eigenvalue weighted by Crippen LogP contribution is 2.30. The lowest BCUT2D eigenvalue weighted by Crippen LogP contribution is -2.24. The van der Waals surface area contributed by atoms with Crippen LogP contribution in [0.2, 0.25) is 0 Å². The van der Waals surface area contributed by atoms with Gasteiger partial charge in [0.05, 0.1) is 14.2 Å². The highest BCUT2D eigenvalue weighted by molar-refractivity contribution is 6.04. The van der Waals surface area contributed by atoms with Crippen LogP contribution in [0.1, 0.15) is 30.1 Å². The van der Waals surface area contributed by atoms with Crippen LogP contribution in [-0.2, 0) is 4.74 Å². The molecule has 1 atom stereocenters. The smallest absolute Gasteiger partial charge is 0.199 e. The van der Waals surface area contributed by atoms with Crippen molar-refractivity contribution in [3.8, 4) is 11.5 Å². The van der Waals surface area contributed by atoms with Gasteiger partial charge in [0, 0.05) is 7.11 Å². The molecule has 0 fully saturated rings. The molecule has 18 heavy (non-hydrogen) atoms. The lowest BCUT2D eigenvalue weighted by Gasteiger charge is -2.17. The maximum Gasteiger partial charge on any atom is 0.199 e. The van der Waals surface area contributed by atoms with E-state index in [2.05, 4.69) is 0 Å². The molecule has 0 radical (unpaired) electrons. The topological polar surface area (TPSA) is 44.8 Å². The fourth-order valence-corrected chi connectivity index (χ4v) is 1.87. The van der Waals surface area contributed by atoms with Crippen LogP contribution in [0.15, 0.2) is 18.2 Å². The first-order valence-electron chi connectivity index (χ1n) is 5.97. The SMILES string of the molecule is CCCC(OC)C(=O)c1c(OC)cccc1OC. The Morgan fingerprint density at radius 2 is 1.72 bits per heavy atom. The quantitative estimate of drug-likeness (QED) is 0.700. The van der Waals surface area contributed by atoms with E-state index < -0.39 is 6.10 Å². The first-order valence-corrected chi connectivity index (χ1v) is 5.97. The number of Topliss-reactive ketones (excluding diaryl/α,β-unsaturated/α-hetero) is 1. The first kappa shape index (κ1) is 14.5. The highest BCUT2D eigenvalue weighted by Gasteiger charge is 2.25. The van der Waals surface area contributed by atoms with E-state index >= 15 is 0 Å². The second-order valence-corrected chi connectivity index (χ2v) is 3.91. The van der Waals surface area contributed by atoms with Gasteiger partial charge in [-0.1, -0.05) is 19.4 Å². The Bertz CT molecular complexity index is 379. The molecule has 0 saturated heterocycles. The van der Waals surface area contributed by atoms with Gasteiger partial charge in [-0.2, -0.15) is 0 Å². The molecular formula is C14H20O4. The summed E-state index contributed by atoms with van der Waals surface area (Å²) >= 11 is 0. The molecule has 0 aliphatic heterocycles. The van der Waals surface area contributed by atoms with Gasteiger partial charge in [0.2, 0.25) is 0 Å². The maximum absolute atomic E-state index is 12.4. The van der Waals surface area contributed by atoms with Crippen LogP contribution >= 0.6 is 0 Å². The molecule has 0 saturated carbocycles. The van der Waals surface area contributed by atoms with E-state index in [-0.39, 0.29) is 5.78 Å². The van der Waals surface area contributed by atoms with E-state index in [1.54, 1.807) is 25.3 Å². The van der Waals surface area contributed by atoms with Crippen molar-refractivity contribution in [3.63, 3.8) is 0 Å². The summed E-state index contributed by atoms with van der Waals surface area (Å²) in [7, 11) is 4.61. The molecule has 0 amide bonds. The molecular weight excluding hydrogens is 232 g/mol. The van der Waals surface area contributed by atoms with Crippen molar-refractivity contribution in [2.24, 2.45) is 0 Å². The van der Waals surface area contributed by atoms with Gasteiger partial charge >= 0.3 is 0 Å². The number of methoxy groups -OCH3 is 3. The minimum Gasteiger partial charge on any atom is -0.496 e. The van der Waals surface area contributed by atoms with Gasteiger partial charge in [0.15, 0.2) is 5.78 Å². The molecule has 1 aromatic rings. The molecule has 0 bridgehead atoms. The van der Waals surface area contributed by atoms with E-state index in [1.807, 2.05) is 6.92 Å². The van der Waals surface area contributed by atoms with Gasteiger partial charge in [-0.25, -0.2) is 0 Å². The first-order chi connectivity index (χ1) is 8.69. The molecule has 0 aliphatic carbocycles.